The van der Waals surface area contributed by atoms with Crippen LogP contribution in [0.4, 0.5) is 5.69 Å². The summed E-state index contributed by atoms with van der Waals surface area (Å²) in [6.07, 6.45) is 1.31. The van der Waals surface area contributed by atoms with Crippen LogP contribution in [0.1, 0.15) is 16.8 Å². The van der Waals surface area contributed by atoms with Crippen molar-refractivity contribution in [2.75, 3.05) is 4.90 Å². The molecule has 1 aromatic heterocycles. The predicted molar refractivity (Wildman–Crippen MR) is 91.8 cm³/mol. The maximum absolute atomic E-state index is 12.6. The highest BCUT2D eigenvalue weighted by Crippen LogP contribution is 2.37. The van der Waals surface area contributed by atoms with Gasteiger partial charge in [-0.1, -0.05) is 35.0 Å². The number of benzene rings is 1. The Labute approximate surface area is 156 Å². The first-order valence-electron chi connectivity index (χ1n) is 7.03. The predicted octanol–water partition coefficient (Wildman–Crippen LogP) is 2.18. The fraction of sp³-hybridized carbons (Fsp3) is 0.125. The van der Waals surface area contributed by atoms with Crippen LogP contribution in [0.25, 0.3) is 0 Å². The molecule has 1 fully saturated rings. The van der Waals surface area contributed by atoms with Crippen LogP contribution < -0.4 is 10.0 Å². The lowest BCUT2D eigenvalue weighted by Crippen LogP contribution is -2.31. The first-order valence-corrected chi connectivity index (χ1v) is 8.67. The molecule has 1 saturated heterocycles. The topological polar surface area (TPSA) is 90.4 Å². The molecule has 0 aliphatic carbocycles. The zero-order chi connectivity index (χ0) is 18.1. The molecular formula is C16H9Cl2N2O4S-. The number of amides is 2. The Balaban J connectivity index is 1.88. The van der Waals surface area contributed by atoms with E-state index >= 15 is 0 Å². The van der Waals surface area contributed by atoms with E-state index < -0.39 is 23.0 Å². The number of pyridine rings is 1. The molecule has 6 nitrogen and oxygen atoms in total. The van der Waals surface area contributed by atoms with Crippen molar-refractivity contribution in [3.63, 3.8) is 0 Å². The van der Waals surface area contributed by atoms with E-state index in [-0.39, 0.29) is 27.7 Å². The van der Waals surface area contributed by atoms with Gasteiger partial charge in [0.2, 0.25) is 11.8 Å². The molecule has 0 radical (unpaired) electrons. The number of rotatable bonds is 4. The first-order chi connectivity index (χ1) is 11.9. The molecule has 9 heteroatoms. The lowest BCUT2D eigenvalue weighted by molar-refractivity contribution is -0.255. The van der Waals surface area contributed by atoms with Gasteiger partial charge in [0.15, 0.2) is 0 Å². The number of carbonyl (C=O) groups excluding carboxylic acids is 3. The number of hydrogen-bond acceptors (Lipinski definition) is 6. The fourth-order valence-electron chi connectivity index (χ4n) is 2.39. The average molecular weight is 396 g/mol. The van der Waals surface area contributed by atoms with Crippen molar-refractivity contribution in [1.29, 1.82) is 0 Å². The number of carboxylic acid groups (broad SMARTS) is 1. The summed E-state index contributed by atoms with van der Waals surface area (Å²) in [6.45, 7) is 0. The van der Waals surface area contributed by atoms with Crippen LogP contribution in [0, 0.1) is 0 Å². The molecule has 128 valence electrons. The second-order valence-corrected chi connectivity index (χ2v) is 7.15. The molecule has 2 aromatic rings. The fourth-order valence-corrected chi connectivity index (χ4v) is 3.98. The molecule has 25 heavy (non-hydrogen) atoms. The van der Waals surface area contributed by atoms with Gasteiger partial charge in [0.25, 0.3) is 0 Å². The molecule has 1 aliphatic rings. The van der Waals surface area contributed by atoms with Crippen molar-refractivity contribution in [2.45, 2.75) is 16.7 Å². The Bertz CT molecular complexity index is 890. The number of carbonyl (C=O) groups is 3. The van der Waals surface area contributed by atoms with Gasteiger partial charge in [0, 0.05) is 23.2 Å². The minimum absolute atomic E-state index is 0.0917. The maximum atomic E-state index is 12.6. The van der Waals surface area contributed by atoms with Gasteiger partial charge < -0.3 is 9.90 Å². The van der Waals surface area contributed by atoms with Crippen LogP contribution in [0.3, 0.4) is 0 Å². The monoisotopic (exact) mass is 395 g/mol. The first kappa shape index (κ1) is 17.7. The van der Waals surface area contributed by atoms with Crippen molar-refractivity contribution in [3.05, 3.63) is 52.1 Å². The van der Waals surface area contributed by atoms with E-state index in [0.717, 1.165) is 16.7 Å². The Kier molecular flexibility index (Phi) is 4.99. The van der Waals surface area contributed by atoms with Crippen LogP contribution >= 0.6 is 35.0 Å². The Morgan fingerprint density at radius 2 is 2.04 bits per heavy atom. The highest BCUT2D eigenvalue weighted by molar-refractivity contribution is 8.00. The lowest BCUT2D eigenvalue weighted by Gasteiger charge is -2.17. The largest absolute Gasteiger partial charge is 0.545 e. The van der Waals surface area contributed by atoms with E-state index in [9.17, 15) is 19.5 Å². The number of anilines is 1. The third-order valence-electron chi connectivity index (χ3n) is 3.50. The number of nitrogens with zero attached hydrogens (tertiary/aromatic N) is 2. The molecule has 3 rings (SSSR count). The molecular weight excluding hydrogens is 387 g/mol. The Hall–Kier alpha value is -2.09. The number of hydrogen-bond donors (Lipinski definition) is 0. The highest BCUT2D eigenvalue weighted by atomic mass is 35.5. The molecule has 0 spiro atoms. The van der Waals surface area contributed by atoms with E-state index in [1.807, 2.05) is 0 Å². The van der Waals surface area contributed by atoms with Gasteiger partial charge in [-0.2, -0.15) is 0 Å². The average Bonchev–Trinajstić information content (AvgIpc) is 2.82. The van der Waals surface area contributed by atoms with Crippen LogP contribution in [0.15, 0.2) is 41.6 Å². The van der Waals surface area contributed by atoms with Crippen LogP contribution in [0.5, 0.6) is 0 Å². The smallest absolute Gasteiger partial charge is 0.247 e. The summed E-state index contributed by atoms with van der Waals surface area (Å²) in [6, 6.07) is 7.24. The molecule has 2 amide bonds. The maximum Gasteiger partial charge on any atom is 0.247 e. The number of thioether (sulfide) groups is 1. The van der Waals surface area contributed by atoms with Gasteiger partial charge in [-0.25, -0.2) is 9.88 Å². The van der Waals surface area contributed by atoms with Crippen molar-refractivity contribution in [3.8, 4) is 0 Å². The number of aromatic nitrogens is 1. The van der Waals surface area contributed by atoms with E-state index in [1.165, 1.54) is 36.5 Å². The second-order valence-electron chi connectivity index (χ2n) is 5.12. The Morgan fingerprint density at radius 1 is 1.28 bits per heavy atom. The third kappa shape index (κ3) is 3.49. The number of carboxylic acids is 1. The Morgan fingerprint density at radius 3 is 2.72 bits per heavy atom. The molecule has 1 aliphatic heterocycles. The normalized spacial score (nSPS) is 17.2. The van der Waals surface area contributed by atoms with Crippen LogP contribution in [0.2, 0.25) is 10.0 Å². The third-order valence-corrected chi connectivity index (χ3v) is 5.24. The zero-order valence-corrected chi connectivity index (χ0v) is 14.8. The van der Waals surface area contributed by atoms with Gasteiger partial charge >= 0.3 is 0 Å². The van der Waals surface area contributed by atoms with Gasteiger partial charge in [0.1, 0.15) is 5.03 Å². The van der Waals surface area contributed by atoms with E-state index in [0.29, 0.717) is 5.02 Å². The summed E-state index contributed by atoms with van der Waals surface area (Å²) in [5, 5.41) is 11.0. The summed E-state index contributed by atoms with van der Waals surface area (Å²) < 4.78 is 0. The number of aromatic carboxylic acids is 1. The van der Waals surface area contributed by atoms with Gasteiger partial charge in [0.05, 0.1) is 21.9 Å². The molecule has 0 N–H and O–H groups in total. The van der Waals surface area contributed by atoms with E-state index in [4.69, 9.17) is 23.2 Å². The minimum atomic E-state index is -1.40. The van der Waals surface area contributed by atoms with Gasteiger partial charge in [-0.15, -0.1) is 0 Å². The molecule has 0 unspecified atom stereocenters. The van der Waals surface area contributed by atoms with Crippen molar-refractivity contribution in [2.24, 2.45) is 0 Å². The van der Waals surface area contributed by atoms with E-state index in [2.05, 4.69) is 4.98 Å². The summed E-state index contributed by atoms with van der Waals surface area (Å²) in [7, 11) is 0. The van der Waals surface area contributed by atoms with Crippen molar-refractivity contribution < 1.29 is 19.5 Å². The number of halogens is 2. The summed E-state index contributed by atoms with van der Waals surface area (Å²) in [4.78, 5) is 41.0. The SMILES string of the molecule is O=C([O-])c1cccnc1S[C@H]1CC(=O)N(c2ccc(Cl)cc2Cl)C1=O. The summed E-state index contributed by atoms with van der Waals surface area (Å²) in [5.41, 5.74) is 0.112. The van der Waals surface area contributed by atoms with Crippen molar-refractivity contribution in [1.82, 2.24) is 4.98 Å². The summed E-state index contributed by atoms with van der Waals surface area (Å²) in [5.74, 6) is -2.32. The minimum Gasteiger partial charge on any atom is -0.545 e. The second kappa shape index (κ2) is 7.03. The summed E-state index contributed by atoms with van der Waals surface area (Å²) >= 11 is 12.8. The quantitative estimate of drug-likeness (QED) is 0.736. The zero-order valence-electron chi connectivity index (χ0n) is 12.4. The van der Waals surface area contributed by atoms with Gasteiger partial charge in [-0.3, -0.25) is 9.59 Å². The number of imide groups is 1. The van der Waals surface area contributed by atoms with E-state index in [1.54, 1.807) is 0 Å². The molecule has 1 aromatic carbocycles. The molecule has 0 saturated carbocycles. The molecule has 0 bridgehead atoms. The van der Waals surface area contributed by atoms with Crippen LogP contribution in [-0.2, 0) is 9.59 Å². The van der Waals surface area contributed by atoms with Crippen LogP contribution in [-0.4, -0.2) is 28.0 Å². The van der Waals surface area contributed by atoms with Crippen molar-refractivity contribution >= 4 is 58.4 Å². The standard InChI is InChI=1S/C16H10Cl2N2O4S/c17-8-3-4-11(10(18)6-8)20-13(21)7-12(15(20)22)25-14-9(16(23)24)2-1-5-19-14/h1-6,12H,7H2,(H,23,24)/p-1/t12-/m0/s1. The van der Waals surface area contributed by atoms with Gasteiger partial charge in [-0.05, 0) is 30.3 Å². The lowest BCUT2D eigenvalue weighted by atomic mass is 10.3. The molecule has 1 atom stereocenters. The molecule has 2 heterocycles. The highest BCUT2D eigenvalue weighted by Gasteiger charge is 2.41.